The van der Waals surface area contributed by atoms with E-state index >= 15 is 0 Å². The lowest BCUT2D eigenvalue weighted by molar-refractivity contribution is -0.121. The molecular weight excluding hydrogens is 304 g/mol. The predicted molar refractivity (Wildman–Crippen MR) is 84.1 cm³/mol. The minimum Gasteiger partial charge on any atom is -0.355 e. The third-order valence-electron chi connectivity index (χ3n) is 3.46. The van der Waals surface area contributed by atoms with Crippen LogP contribution in [0.3, 0.4) is 0 Å². The van der Waals surface area contributed by atoms with E-state index in [0.717, 1.165) is 31.8 Å². The largest absolute Gasteiger partial charge is 0.355 e. The molecule has 0 unspecified atom stereocenters. The first-order chi connectivity index (χ1) is 11.0. The van der Waals surface area contributed by atoms with Gasteiger partial charge in [-0.05, 0) is 25.2 Å². The van der Waals surface area contributed by atoms with Crippen LogP contribution in [-0.4, -0.2) is 49.4 Å². The van der Waals surface area contributed by atoms with Gasteiger partial charge in [-0.3, -0.25) is 9.59 Å². The molecule has 0 saturated carbocycles. The molecule has 1 aromatic carbocycles. The molecule has 0 spiro atoms. The Morgan fingerprint density at radius 1 is 1.09 bits per heavy atom. The smallest absolute Gasteiger partial charge is 0.254 e. The summed E-state index contributed by atoms with van der Waals surface area (Å²) in [6.45, 7) is 7.35. The molecule has 128 valence electrons. The number of carbonyl (C=O) groups excluding carboxylic acids is 2. The molecule has 1 rings (SSSR count). The fourth-order valence-electron chi connectivity index (χ4n) is 2.04. The average molecular weight is 327 g/mol. The second-order valence-corrected chi connectivity index (χ2v) is 5.01. The lowest BCUT2D eigenvalue weighted by Gasteiger charge is -2.17. The van der Waals surface area contributed by atoms with Crippen molar-refractivity contribution in [2.75, 3.05) is 32.7 Å². The van der Waals surface area contributed by atoms with Crippen LogP contribution in [0, 0.1) is 11.6 Å². The summed E-state index contributed by atoms with van der Waals surface area (Å²) in [7, 11) is 0. The molecule has 1 aromatic rings. The van der Waals surface area contributed by atoms with E-state index in [2.05, 4.69) is 29.4 Å². The number of hydrogen-bond donors (Lipinski definition) is 2. The van der Waals surface area contributed by atoms with Crippen LogP contribution in [0.2, 0.25) is 0 Å². The van der Waals surface area contributed by atoms with Crippen molar-refractivity contribution in [3.8, 4) is 0 Å². The molecule has 0 bridgehead atoms. The van der Waals surface area contributed by atoms with E-state index in [-0.39, 0.29) is 24.4 Å². The van der Waals surface area contributed by atoms with Gasteiger partial charge in [0.25, 0.3) is 5.91 Å². The number of benzene rings is 1. The van der Waals surface area contributed by atoms with Crippen LogP contribution in [0.25, 0.3) is 0 Å². The van der Waals surface area contributed by atoms with Crippen molar-refractivity contribution in [3.63, 3.8) is 0 Å². The Morgan fingerprint density at radius 3 is 2.39 bits per heavy atom. The summed E-state index contributed by atoms with van der Waals surface area (Å²) in [6.07, 6.45) is 0.104. The molecule has 2 amide bonds. The highest BCUT2D eigenvalue weighted by molar-refractivity contribution is 5.94. The summed E-state index contributed by atoms with van der Waals surface area (Å²) >= 11 is 0. The van der Waals surface area contributed by atoms with Gasteiger partial charge in [0.05, 0.1) is 5.56 Å². The molecule has 23 heavy (non-hydrogen) atoms. The number of carbonyl (C=O) groups is 2. The van der Waals surface area contributed by atoms with E-state index in [9.17, 15) is 18.4 Å². The van der Waals surface area contributed by atoms with Crippen LogP contribution in [0.5, 0.6) is 0 Å². The molecular formula is C16H23F2N3O2. The van der Waals surface area contributed by atoms with Crippen molar-refractivity contribution in [3.05, 3.63) is 35.4 Å². The molecule has 0 saturated heterocycles. The zero-order valence-electron chi connectivity index (χ0n) is 13.5. The van der Waals surface area contributed by atoms with Crippen LogP contribution in [0.15, 0.2) is 18.2 Å². The molecule has 2 N–H and O–H groups in total. The third kappa shape index (κ3) is 6.73. The second-order valence-electron chi connectivity index (χ2n) is 5.01. The summed E-state index contributed by atoms with van der Waals surface area (Å²) in [5, 5.41) is 5.20. The highest BCUT2D eigenvalue weighted by Gasteiger charge is 2.12. The Labute approximate surface area is 135 Å². The maximum atomic E-state index is 13.4. The minimum absolute atomic E-state index is 0.0900. The number of hydrogen-bond acceptors (Lipinski definition) is 3. The van der Waals surface area contributed by atoms with Gasteiger partial charge < -0.3 is 15.5 Å². The van der Waals surface area contributed by atoms with Crippen molar-refractivity contribution in [1.29, 1.82) is 0 Å². The number of nitrogens with zero attached hydrogens (tertiary/aromatic N) is 1. The van der Waals surface area contributed by atoms with Gasteiger partial charge >= 0.3 is 0 Å². The van der Waals surface area contributed by atoms with Crippen molar-refractivity contribution < 1.29 is 18.4 Å². The highest BCUT2D eigenvalue weighted by atomic mass is 19.1. The average Bonchev–Trinajstić information content (AvgIpc) is 2.51. The SMILES string of the molecule is CCN(CC)CCNC(=O)CCNC(=O)c1ccc(F)cc1F. The lowest BCUT2D eigenvalue weighted by atomic mass is 10.2. The van der Waals surface area contributed by atoms with Crippen LogP contribution in [0.4, 0.5) is 8.78 Å². The van der Waals surface area contributed by atoms with Crippen LogP contribution in [0.1, 0.15) is 30.6 Å². The number of likely N-dealkylation sites (N-methyl/N-ethyl adjacent to an activating group) is 1. The van der Waals surface area contributed by atoms with Crippen LogP contribution in [-0.2, 0) is 4.79 Å². The second kappa shape index (κ2) is 9.89. The van der Waals surface area contributed by atoms with Crippen molar-refractivity contribution in [1.82, 2.24) is 15.5 Å². The Kier molecular flexibility index (Phi) is 8.18. The van der Waals surface area contributed by atoms with E-state index in [4.69, 9.17) is 0 Å². The maximum absolute atomic E-state index is 13.4. The molecule has 0 aromatic heterocycles. The normalized spacial score (nSPS) is 10.7. The highest BCUT2D eigenvalue weighted by Crippen LogP contribution is 2.09. The number of halogens is 2. The van der Waals surface area contributed by atoms with Gasteiger partial charge in [0, 0.05) is 32.1 Å². The molecule has 0 aliphatic heterocycles. The zero-order valence-corrected chi connectivity index (χ0v) is 13.5. The van der Waals surface area contributed by atoms with Gasteiger partial charge in [0.1, 0.15) is 11.6 Å². The Hall–Kier alpha value is -2.02. The molecule has 0 aliphatic carbocycles. The molecule has 5 nitrogen and oxygen atoms in total. The van der Waals surface area contributed by atoms with E-state index in [1.807, 2.05) is 0 Å². The van der Waals surface area contributed by atoms with Crippen molar-refractivity contribution in [2.24, 2.45) is 0 Å². The van der Waals surface area contributed by atoms with Gasteiger partial charge in [-0.1, -0.05) is 13.8 Å². The van der Waals surface area contributed by atoms with E-state index in [1.54, 1.807) is 0 Å². The Bertz CT molecular complexity index is 534. The summed E-state index contributed by atoms with van der Waals surface area (Å²) in [5.74, 6) is -2.52. The third-order valence-corrected chi connectivity index (χ3v) is 3.46. The zero-order chi connectivity index (χ0) is 17.2. The standard InChI is InChI=1S/C16H23F2N3O2/c1-3-21(4-2)10-9-19-15(22)7-8-20-16(23)13-6-5-12(17)11-14(13)18/h5-6,11H,3-4,7-10H2,1-2H3,(H,19,22)(H,20,23). The first-order valence-corrected chi connectivity index (χ1v) is 7.70. The monoisotopic (exact) mass is 327 g/mol. The van der Waals surface area contributed by atoms with Crippen molar-refractivity contribution in [2.45, 2.75) is 20.3 Å². The molecule has 0 atom stereocenters. The molecule has 0 aliphatic rings. The van der Waals surface area contributed by atoms with Gasteiger partial charge in [-0.2, -0.15) is 0 Å². The topological polar surface area (TPSA) is 61.4 Å². The van der Waals surface area contributed by atoms with Crippen molar-refractivity contribution >= 4 is 11.8 Å². The number of rotatable bonds is 9. The number of nitrogens with one attached hydrogen (secondary N) is 2. The van der Waals surface area contributed by atoms with Crippen LogP contribution >= 0.6 is 0 Å². The van der Waals surface area contributed by atoms with Gasteiger partial charge in [-0.15, -0.1) is 0 Å². The predicted octanol–water partition coefficient (Wildman–Crippen LogP) is 1.54. The van der Waals surface area contributed by atoms with Gasteiger partial charge in [0.15, 0.2) is 0 Å². The maximum Gasteiger partial charge on any atom is 0.254 e. The van der Waals surface area contributed by atoms with Crippen LogP contribution < -0.4 is 10.6 Å². The quantitative estimate of drug-likeness (QED) is 0.723. The van der Waals surface area contributed by atoms with E-state index in [1.165, 1.54) is 0 Å². The lowest BCUT2D eigenvalue weighted by Crippen LogP contribution is -2.36. The molecule has 7 heteroatoms. The Balaban J connectivity index is 2.28. The minimum atomic E-state index is -0.925. The summed E-state index contributed by atoms with van der Waals surface area (Å²) in [5.41, 5.74) is -0.242. The van der Waals surface area contributed by atoms with Gasteiger partial charge in [-0.25, -0.2) is 8.78 Å². The summed E-state index contributed by atoms with van der Waals surface area (Å²) < 4.78 is 26.2. The molecule has 0 heterocycles. The molecule has 0 radical (unpaired) electrons. The number of amides is 2. The Morgan fingerprint density at radius 2 is 1.78 bits per heavy atom. The fourth-order valence-corrected chi connectivity index (χ4v) is 2.04. The first-order valence-electron chi connectivity index (χ1n) is 7.70. The van der Waals surface area contributed by atoms with E-state index < -0.39 is 17.5 Å². The molecule has 0 fully saturated rings. The summed E-state index contributed by atoms with van der Waals surface area (Å²) in [4.78, 5) is 25.5. The van der Waals surface area contributed by atoms with E-state index in [0.29, 0.717) is 12.6 Å². The summed E-state index contributed by atoms with van der Waals surface area (Å²) in [6, 6.07) is 2.73. The van der Waals surface area contributed by atoms with Gasteiger partial charge in [0.2, 0.25) is 5.91 Å². The first kappa shape index (κ1) is 19.0. The fraction of sp³-hybridized carbons (Fsp3) is 0.500.